The third kappa shape index (κ3) is 4.21. The van der Waals surface area contributed by atoms with E-state index in [4.69, 9.17) is 5.14 Å². The van der Waals surface area contributed by atoms with E-state index in [-0.39, 0.29) is 21.8 Å². The van der Waals surface area contributed by atoms with Crippen molar-refractivity contribution in [1.82, 2.24) is 0 Å². The van der Waals surface area contributed by atoms with E-state index in [9.17, 15) is 13.2 Å². The first-order chi connectivity index (χ1) is 11.0. The van der Waals surface area contributed by atoms with E-state index in [1.165, 1.54) is 6.07 Å². The summed E-state index contributed by atoms with van der Waals surface area (Å²) in [5.74, 6) is -0.386. The number of hydrogen-bond acceptors (Lipinski definition) is 3. The van der Waals surface area contributed by atoms with E-state index in [2.05, 4.69) is 26.1 Å². The molecule has 128 valence electrons. The van der Waals surface area contributed by atoms with Gasteiger partial charge in [-0.15, -0.1) is 0 Å². The van der Waals surface area contributed by atoms with Crippen LogP contribution in [0.3, 0.4) is 0 Å². The van der Waals surface area contributed by atoms with Gasteiger partial charge in [0.1, 0.15) is 0 Å². The van der Waals surface area contributed by atoms with Crippen LogP contribution in [0.25, 0.3) is 0 Å². The van der Waals surface area contributed by atoms with E-state index >= 15 is 0 Å². The molecule has 0 unspecified atom stereocenters. The number of sulfonamides is 1. The first kappa shape index (κ1) is 18.2. The number of hydrogen-bond donors (Lipinski definition) is 2. The van der Waals surface area contributed by atoms with Crippen LogP contribution in [0.15, 0.2) is 47.4 Å². The summed E-state index contributed by atoms with van der Waals surface area (Å²) in [6.45, 7) is 7.97. The van der Waals surface area contributed by atoms with Crippen molar-refractivity contribution in [2.24, 2.45) is 5.14 Å². The maximum Gasteiger partial charge on any atom is 0.255 e. The molecule has 0 bridgehead atoms. The molecule has 0 heterocycles. The van der Waals surface area contributed by atoms with Gasteiger partial charge in [-0.05, 0) is 47.7 Å². The summed E-state index contributed by atoms with van der Waals surface area (Å²) in [6.07, 6.45) is 0. The Kier molecular flexibility index (Phi) is 4.82. The van der Waals surface area contributed by atoms with Gasteiger partial charge in [0.2, 0.25) is 10.0 Å². The number of primary sulfonamides is 1. The molecule has 6 heteroatoms. The number of rotatable bonds is 3. The van der Waals surface area contributed by atoms with E-state index in [1.54, 1.807) is 19.1 Å². The second-order valence-electron chi connectivity index (χ2n) is 6.81. The molecule has 0 aliphatic carbocycles. The molecule has 0 aromatic heterocycles. The lowest BCUT2D eigenvalue weighted by Gasteiger charge is -2.19. The van der Waals surface area contributed by atoms with Gasteiger partial charge in [0.15, 0.2) is 0 Å². The number of nitrogens with one attached hydrogen (secondary N) is 1. The molecule has 0 saturated heterocycles. The van der Waals surface area contributed by atoms with Gasteiger partial charge in [-0.3, -0.25) is 4.79 Å². The summed E-state index contributed by atoms with van der Waals surface area (Å²) in [6, 6.07) is 12.0. The van der Waals surface area contributed by atoms with Gasteiger partial charge in [-0.25, -0.2) is 13.6 Å². The zero-order chi connectivity index (χ0) is 18.1. The Morgan fingerprint density at radius 2 is 1.62 bits per heavy atom. The summed E-state index contributed by atoms with van der Waals surface area (Å²) in [5, 5.41) is 7.94. The molecule has 0 atom stereocenters. The molecule has 1 amide bonds. The maximum absolute atomic E-state index is 12.3. The minimum Gasteiger partial charge on any atom is -0.322 e. The van der Waals surface area contributed by atoms with Crippen molar-refractivity contribution < 1.29 is 13.2 Å². The summed E-state index contributed by atoms with van der Waals surface area (Å²) in [4.78, 5) is 12.3. The maximum atomic E-state index is 12.3. The van der Waals surface area contributed by atoms with Gasteiger partial charge in [-0.1, -0.05) is 39.0 Å². The average molecular weight is 346 g/mol. The largest absolute Gasteiger partial charge is 0.322 e. The molecule has 2 aromatic rings. The fraction of sp³-hybridized carbons (Fsp3) is 0.278. The monoisotopic (exact) mass is 346 g/mol. The van der Waals surface area contributed by atoms with Crippen LogP contribution in [-0.2, 0) is 15.4 Å². The Morgan fingerprint density at radius 1 is 1.04 bits per heavy atom. The minimum absolute atomic E-state index is 0.0316. The summed E-state index contributed by atoms with van der Waals surface area (Å²) < 4.78 is 23.1. The normalized spacial score (nSPS) is 12.0. The van der Waals surface area contributed by atoms with Crippen LogP contribution in [0.5, 0.6) is 0 Å². The van der Waals surface area contributed by atoms with Crippen LogP contribution in [0, 0.1) is 6.92 Å². The molecule has 3 N–H and O–H groups in total. The van der Waals surface area contributed by atoms with E-state index in [1.807, 2.05) is 24.3 Å². The van der Waals surface area contributed by atoms with Crippen molar-refractivity contribution in [1.29, 1.82) is 0 Å². The summed E-state index contributed by atoms with van der Waals surface area (Å²) >= 11 is 0. The standard InChI is InChI=1S/C18H22N2O3S/c1-12-5-6-13(11-16(12)24(19,22)23)17(21)20-15-9-7-14(8-10-15)18(2,3)4/h5-11H,1-4H3,(H,20,21)(H2,19,22,23). The summed E-state index contributed by atoms with van der Waals surface area (Å²) in [7, 11) is -3.86. The SMILES string of the molecule is Cc1ccc(C(=O)Nc2ccc(C(C)(C)C)cc2)cc1S(N)(=O)=O. The number of amides is 1. The molecule has 0 saturated carbocycles. The highest BCUT2D eigenvalue weighted by Gasteiger charge is 2.16. The van der Waals surface area contributed by atoms with Crippen LogP contribution < -0.4 is 10.5 Å². The number of aryl methyl sites for hydroxylation is 1. The van der Waals surface area contributed by atoms with Crippen LogP contribution in [0.1, 0.15) is 42.3 Å². The number of anilines is 1. The van der Waals surface area contributed by atoms with Crippen molar-refractivity contribution in [3.05, 3.63) is 59.2 Å². The summed E-state index contributed by atoms with van der Waals surface area (Å²) in [5.41, 5.74) is 2.58. The van der Waals surface area contributed by atoms with E-state index < -0.39 is 10.0 Å². The molecule has 0 aliphatic rings. The van der Waals surface area contributed by atoms with Gasteiger partial charge in [-0.2, -0.15) is 0 Å². The molecule has 0 aliphatic heterocycles. The minimum atomic E-state index is -3.86. The number of nitrogens with two attached hydrogens (primary N) is 1. The van der Waals surface area contributed by atoms with Crippen LogP contribution in [0.2, 0.25) is 0 Å². The smallest absolute Gasteiger partial charge is 0.255 e. The molecule has 0 spiro atoms. The van der Waals surface area contributed by atoms with Crippen LogP contribution in [0.4, 0.5) is 5.69 Å². The van der Waals surface area contributed by atoms with E-state index in [0.717, 1.165) is 5.56 Å². The van der Waals surface area contributed by atoms with Gasteiger partial charge < -0.3 is 5.32 Å². The van der Waals surface area contributed by atoms with Crippen molar-refractivity contribution >= 4 is 21.6 Å². The van der Waals surface area contributed by atoms with Gasteiger partial charge in [0.05, 0.1) is 4.90 Å². The molecular formula is C18H22N2O3S. The molecule has 0 fully saturated rings. The van der Waals surface area contributed by atoms with Gasteiger partial charge >= 0.3 is 0 Å². The van der Waals surface area contributed by atoms with Gasteiger partial charge in [0.25, 0.3) is 5.91 Å². The first-order valence-electron chi connectivity index (χ1n) is 7.54. The van der Waals surface area contributed by atoms with E-state index in [0.29, 0.717) is 11.3 Å². The second kappa shape index (κ2) is 6.37. The quantitative estimate of drug-likeness (QED) is 0.894. The predicted molar refractivity (Wildman–Crippen MR) is 95.6 cm³/mol. The average Bonchev–Trinajstić information content (AvgIpc) is 2.46. The van der Waals surface area contributed by atoms with Crippen molar-refractivity contribution in [2.75, 3.05) is 5.32 Å². The third-order valence-electron chi connectivity index (χ3n) is 3.77. The predicted octanol–water partition coefficient (Wildman–Crippen LogP) is 3.19. The fourth-order valence-corrected chi connectivity index (χ4v) is 3.11. The Balaban J connectivity index is 2.24. The molecule has 5 nitrogen and oxygen atoms in total. The lowest BCUT2D eigenvalue weighted by atomic mass is 9.87. The molecule has 24 heavy (non-hydrogen) atoms. The zero-order valence-electron chi connectivity index (χ0n) is 14.3. The number of carbonyl (C=O) groups excluding carboxylic acids is 1. The Hall–Kier alpha value is -2.18. The molecular weight excluding hydrogens is 324 g/mol. The lowest BCUT2D eigenvalue weighted by Crippen LogP contribution is -2.17. The highest BCUT2D eigenvalue weighted by molar-refractivity contribution is 7.89. The lowest BCUT2D eigenvalue weighted by molar-refractivity contribution is 0.102. The Labute approximate surface area is 142 Å². The highest BCUT2D eigenvalue weighted by Crippen LogP contribution is 2.24. The molecule has 2 rings (SSSR count). The Morgan fingerprint density at radius 3 is 2.12 bits per heavy atom. The van der Waals surface area contributed by atoms with Crippen molar-refractivity contribution in [3.63, 3.8) is 0 Å². The van der Waals surface area contributed by atoms with Crippen LogP contribution in [-0.4, -0.2) is 14.3 Å². The highest BCUT2D eigenvalue weighted by atomic mass is 32.2. The van der Waals surface area contributed by atoms with Crippen LogP contribution >= 0.6 is 0 Å². The third-order valence-corrected chi connectivity index (χ3v) is 4.82. The van der Waals surface area contributed by atoms with Crippen molar-refractivity contribution in [3.8, 4) is 0 Å². The first-order valence-corrected chi connectivity index (χ1v) is 9.08. The number of carbonyl (C=O) groups is 1. The zero-order valence-corrected chi connectivity index (χ0v) is 15.1. The fourth-order valence-electron chi connectivity index (χ4n) is 2.30. The van der Waals surface area contributed by atoms with Gasteiger partial charge in [0, 0.05) is 11.3 Å². The van der Waals surface area contributed by atoms with Crippen molar-refractivity contribution in [2.45, 2.75) is 38.0 Å². The topological polar surface area (TPSA) is 89.3 Å². The molecule has 0 radical (unpaired) electrons. The second-order valence-corrected chi connectivity index (χ2v) is 8.34. The molecule has 2 aromatic carbocycles. The number of benzene rings is 2. The Bertz CT molecular complexity index is 864.